The molecule has 0 spiro atoms. The number of morpholine rings is 3. The molecule has 8 amide bonds. The summed E-state index contributed by atoms with van der Waals surface area (Å²) in [5, 5.41) is 7.13. The first-order valence-electron chi connectivity index (χ1n) is 59.6. The van der Waals surface area contributed by atoms with Crippen LogP contribution in [0.1, 0.15) is 272 Å². The number of carbonyl (C=O) groups excluding carboxylic acids is 8. The molecule has 6 fully saturated rings. The van der Waals surface area contributed by atoms with Gasteiger partial charge in [0, 0.05) is 196 Å². The SMILES string of the molecule is [2H]C([2H])(Nc1cccc2c1C([2H])([2H])N(C1([2H])C(=O)NC(=O)C([2H])([2H])C1([2H])[2H])C2=O)c1cc(C([2H])([2H])N2C([2H])([2H])C(C)(C)OC(C)(C([2H])([2H])[2H])C2([2H])[2H])ccc1F.[2H]C([2H])(Oc1cccc2c1C([2H])([2H])N(C1([2H])C(=O)NC(=C)C([2H])([2H])C1([2H])[2H])C2=O)c1cc(CN2C([2H])([2H])C(C)(C)OC(C)(C([2H])([2H])[2H])C2([2H])[2H])ccc1F.[2H]C([2H])(Oc1cccc2c1C([2H])([2H])N(C1C(=O)NC(=O)C([2H])([2H])C1([2H])[2H])C2=O)c1cc(C([2H])([2H])N2C([2H])([2H])C(C)(C)OC(C)(C([2H])([2H])[2H])C2([2H])[2H])ccc1F. The average molecular weight is 1620 g/mol. The number of hydrogen-bond donors (Lipinski definition) is 4. The molecule has 0 aromatic heterocycles. The van der Waals surface area contributed by atoms with E-state index in [9.17, 15) is 38.4 Å². The zero-order chi connectivity index (χ0) is 127. The highest BCUT2D eigenvalue weighted by molar-refractivity contribution is 6.07. The number of halogens is 3. The van der Waals surface area contributed by atoms with Crippen molar-refractivity contribution in [3.05, 3.63) is 206 Å². The van der Waals surface area contributed by atoms with Crippen LogP contribution in [0.25, 0.3) is 0 Å². The van der Waals surface area contributed by atoms with E-state index in [-0.39, 0.29) is 30.1 Å². The lowest BCUT2D eigenvalue weighted by Crippen LogP contribution is -2.56. The first-order valence-corrected chi connectivity index (χ1v) is 34.1. The van der Waals surface area contributed by atoms with Gasteiger partial charge in [-0.05, 0) is 198 Å². The van der Waals surface area contributed by atoms with E-state index in [0.29, 0.717) is 29.2 Å². The number of ether oxygens (including phenoxy) is 5. The minimum absolute atomic E-state index is 0.0194. The maximum absolute atomic E-state index is 15.6. The lowest BCUT2D eigenvalue weighted by Gasteiger charge is -2.47. The van der Waals surface area contributed by atoms with E-state index in [1.807, 2.05) is 5.32 Å². The number of fused-ring (bicyclic) bond motifs is 3. The van der Waals surface area contributed by atoms with Gasteiger partial charge in [0.05, 0.1) is 65.8 Å². The lowest BCUT2D eigenvalue weighted by atomic mass is 9.98. The van der Waals surface area contributed by atoms with Gasteiger partial charge < -0.3 is 49.0 Å². The summed E-state index contributed by atoms with van der Waals surface area (Å²) in [6, 6.07) is 5.50. The fourth-order valence-corrected chi connectivity index (χ4v) is 12.2. The Balaban J connectivity index is 0.000000203. The first kappa shape index (κ1) is 39.7. The topological polar surface area (TPSA) is 250 Å². The smallest absolute Gasteiger partial charge is 0.255 e. The largest absolute Gasteiger partial charge is 0.488 e. The van der Waals surface area contributed by atoms with Crippen LogP contribution in [0.5, 0.6) is 11.5 Å². The monoisotopic (exact) mass is 1620 g/mol. The second-order valence-corrected chi connectivity index (χ2v) is 27.7. The minimum Gasteiger partial charge on any atom is -0.488 e. The molecule has 9 aliphatic rings. The number of benzene rings is 6. The molecule has 9 aliphatic heterocycles. The van der Waals surface area contributed by atoms with E-state index in [4.69, 9.17) is 93.6 Å². The molecule has 6 saturated heterocycles. The first-order chi connectivity index (χ1) is 73.4. The van der Waals surface area contributed by atoms with Crippen molar-refractivity contribution in [2.75, 3.05) is 44.3 Å². The molecule has 4 N–H and O–H groups in total. The number of amides is 8. The second-order valence-electron chi connectivity index (χ2n) is 27.7. The van der Waals surface area contributed by atoms with Crippen LogP contribution in [0.15, 0.2) is 121 Å². The Kier molecular flexibility index (Phi) is 11.3. The van der Waals surface area contributed by atoms with Gasteiger partial charge in [0.15, 0.2) is 0 Å². The molecule has 9 heterocycles. The van der Waals surface area contributed by atoms with Gasteiger partial charge in [-0.15, -0.1) is 0 Å². The normalized spacial score (nSPS) is 40.8. The molecule has 26 heteroatoms. The summed E-state index contributed by atoms with van der Waals surface area (Å²) < 4.78 is 509. The summed E-state index contributed by atoms with van der Waals surface area (Å²) >= 11 is 0. The van der Waals surface area contributed by atoms with Gasteiger partial charge in [-0.2, -0.15) is 0 Å². The van der Waals surface area contributed by atoms with E-state index < -0.39 is 357 Å². The molecule has 6 aromatic carbocycles. The molecule has 6 aromatic rings. The molecule has 0 saturated carbocycles. The lowest BCUT2D eigenvalue weighted by molar-refractivity contribution is -0.182. The van der Waals surface area contributed by atoms with Crippen molar-refractivity contribution in [2.45, 2.75) is 231 Å². The molecular weight excluding hydrogens is 1460 g/mol. The van der Waals surface area contributed by atoms with Gasteiger partial charge in [0.2, 0.25) is 29.5 Å². The number of piperidine rings is 3. The summed E-state index contributed by atoms with van der Waals surface area (Å²) in [5.74, 6) is -18.5. The van der Waals surface area contributed by atoms with Crippen LogP contribution in [0.2, 0.25) is 0 Å². The number of anilines is 1. The maximum Gasteiger partial charge on any atom is 0.255 e. The van der Waals surface area contributed by atoms with Gasteiger partial charge in [-0.25, -0.2) is 13.2 Å². The summed E-state index contributed by atoms with van der Waals surface area (Å²) in [6.45, 7) is -43.6. The highest BCUT2D eigenvalue weighted by atomic mass is 19.1. The van der Waals surface area contributed by atoms with Crippen molar-refractivity contribution in [1.82, 2.24) is 45.3 Å². The molecule has 6 atom stereocenters. The molecule has 0 radical (unpaired) electrons. The molecular formula is C88H105F3N10O13. The summed E-state index contributed by atoms with van der Waals surface area (Å²) in [6.07, 6.45) is -21.3. The maximum atomic E-state index is 15.6. The third-order valence-electron chi connectivity index (χ3n) is 16.4. The number of imide groups is 2. The number of rotatable bonds is 18. The zero-order valence-corrected chi connectivity index (χ0v) is 61.5. The fraction of sp³-hybridized carbons (Fsp3) is 0.477. The van der Waals surface area contributed by atoms with Crippen molar-refractivity contribution in [3.63, 3.8) is 0 Å². The van der Waals surface area contributed by atoms with Gasteiger partial charge in [0.1, 0.15) is 60.1 Å². The molecule has 0 aliphatic carbocycles. The van der Waals surface area contributed by atoms with Crippen molar-refractivity contribution in [1.29, 1.82) is 0 Å². The minimum atomic E-state index is -3.88. The van der Waals surface area contributed by atoms with Crippen LogP contribution in [-0.4, -0.2) is 167 Å². The molecule has 114 heavy (non-hydrogen) atoms. The second kappa shape index (κ2) is 32.5. The van der Waals surface area contributed by atoms with Crippen LogP contribution in [-0.2, 0) is 96.8 Å². The van der Waals surface area contributed by atoms with Gasteiger partial charge in [-0.3, -0.25) is 63.7 Å². The summed E-state index contributed by atoms with van der Waals surface area (Å²) in [5.41, 5.74) is -25.1. The molecule has 23 nitrogen and oxygen atoms in total. The highest BCUT2D eigenvalue weighted by Crippen LogP contribution is 2.40. The van der Waals surface area contributed by atoms with E-state index in [2.05, 4.69) is 11.9 Å². The molecule has 0 bridgehead atoms. The third kappa shape index (κ3) is 19.2. The number of hydrogen-bond acceptors (Lipinski definition) is 17. The predicted molar refractivity (Wildman–Crippen MR) is 420 cm³/mol. The molecule has 606 valence electrons. The van der Waals surface area contributed by atoms with E-state index >= 15 is 13.2 Å². The fourth-order valence-electron chi connectivity index (χ4n) is 12.2. The average Bonchev–Trinajstić information content (AvgIpc) is 1.22. The number of allylic oxidation sites excluding steroid dienone is 1. The summed E-state index contributed by atoms with van der Waals surface area (Å²) in [4.78, 5) is 105. The Morgan fingerprint density at radius 3 is 1.43 bits per heavy atom. The molecule has 15 rings (SSSR count). The number of nitrogens with zero attached hydrogens (tertiary/aromatic N) is 6. The predicted octanol–water partition coefficient (Wildman–Crippen LogP) is 11.7. The van der Waals surface area contributed by atoms with Gasteiger partial charge >= 0.3 is 0 Å². The number of carbonyl (C=O) groups is 8. The summed E-state index contributed by atoms with van der Waals surface area (Å²) in [7, 11) is 0. The Bertz CT molecular complexity index is 7320. The van der Waals surface area contributed by atoms with Crippen molar-refractivity contribution in [3.8, 4) is 11.5 Å². The number of nitrogens with one attached hydrogen (secondary N) is 4. The van der Waals surface area contributed by atoms with Crippen LogP contribution >= 0.6 is 0 Å². The van der Waals surface area contributed by atoms with Gasteiger partial charge in [-0.1, -0.05) is 43.0 Å². The van der Waals surface area contributed by atoms with Gasteiger partial charge in [0.25, 0.3) is 17.7 Å². The quantitative estimate of drug-likeness (QED) is 0.0584. The Hall–Kier alpha value is -9.83. The Morgan fingerprint density at radius 1 is 0.491 bits per heavy atom. The van der Waals surface area contributed by atoms with E-state index in [1.54, 1.807) is 5.32 Å². The molecule has 6 unspecified atom stereocenters. The van der Waals surface area contributed by atoms with E-state index in [0.717, 1.165) is 133 Å². The zero-order valence-electron chi connectivity index (χ0n) is 113. The van der Waals surface area contributed by atoms with Crippen molar-refractivity contribution < 1.29 is 145 Å². The third-order valence-corrected chi connectivity index (χ3v) is 16.4. The Labute approximate surface area is 736 Å². The highest BCUT2D eigenvalue weighted by Gasteiger charge is 2.46. The Morgan fingerprint density at radius 2 is 0.895 bits per heavy atom. The van der Waals surface area contributed by atoms with Crippen molar-refractivity contribution in [2.24, 2.45) is 0 Å². The van der Waals surface area contributed by atoms with Crippen LogP contribution in [0, 0.1) is 17.5 Å². The van der Waals surface area contributed by atoms with E-state index in [1.165, 1.54) is 19.2 Å². The van der Waals surface area contributed by atoms with Crippen molar-refractivity contribution >= 4 is 52.9 Å². The van der Waals surface area contributed by atoms with Crippen LogP contribution in [0.4, 0.5) is 18.9 Å². The van der Waals surface area contributed by atoms with Crippen LogP contribution < -0.4 is 30.7 Å². The van der Waals surface area contributed by atoms with Crippen LogP contribution in [0.3, 0.4) is 0 Å². The standard InChI is InChI=1S/C30H36FN3O4.C29H35FN4O4.C29H34FN3O5/c1-19-9-12-25(27(35)32-19)34-15-23-22(28(34)36)7-6-8-26(23)37-16-21-13-20(10-11-24(21)31)14-33-17-29(2,3)38-30(4,5)18-33;1-28(2)16-33(17-29(3,4)38-28)14-18-8-9-22(30)19(12-18)13-31-23-7-5-6-20-21(23)15-34(27(20)37)24-10-11-25(35)32-26(24)36;1-28(2)16-32(17-29(3,4)38-28)13-18-8-9-22(30)19(12-18)15-37-24-7-5-6-20-21(24)14-33(27(20)36)23-10-11-25(34)31-26(23)35/h6-8,10-11,13,25H,1,9,12,14-18H2,2-5H3,(H,32,35);5-9,12,24,31H,10-11,13-17H2,1-4H3,(H,32,35,36);5-9,12,23H,10-11,13-17H2,1-4H3,(H,31,34,35)/i2D3,9D2,12D2,15D2,16D2,17D2,18D2,25D;1D3,10D2,11D2,13D2,14D2,15D2,16D2,17D2,24D;1D3,10D2,11D2,13D2,14D2,15D2,16D2,17D2.